The molecule has 0 aliphatic carbocycles. The molecule has 0 N–H and O–H groups in total. The summed E-state index contributed by atoms with van der Waals surface area (Å²) in [7, 11) is -3.97. The van der Waals surface area contributed by atoms with E-state index in [1.54, 1.807) is 36.7 Å². The van der Waals surface area contributed by atoms with E-state index >= 15 is 0 Å². The Morgan fingerprint density at radius 1 is 1.04 bits per heavy atom. The fourth-order valence-electron chi connectivity index (χ4n) is 2.18. The third kappa shape index (κ3) is 3.65. The normalized spacial score (nSPS) is 10.9. The first-order valence-corrected chi connectivity index (χ1v) is 8.73. The Morgan fingerprint density at radius 3 is 2.36 bits per heavy atom. The van der Waals surface area contributed by atoms with Crippen LogP contribution in [0.2, 0.25) is 0 Å². The molecule has 3 rings (SSSR count). The van der Waals surface area contributed by atoms with Gasteiger partial charge in [0, 0.05) is 24.0 Å². The molecule has 1 heterocycles. The summed E-state index contributed by atoms with van der Waals surface area (Å²) in [4.78, 5) is 8.24. The van der Waals surface area contributed by atoms with Gasteiger partial charge in [0.05, 0.1) is 5.56 Å². The lowest BCUT2D eigenvalue weighted by Gasteiger charge is -2.09. The summed E-state index contributed by atoms with van der Waals surface area (Å²) in [6.45, 7) is 1.86. The summed E-state index contributed by atoms with van der Waals surface area (Å²) < 4.78 is 29.8. The molecule has 2 aromatic carbocycles. The number of aromatic nitrogens is 2. The van der Waals surface area contributed by atoms with Crippen LogP contribution in [0, 0.1) is 18.3 Å². The van der Waals surface area contributed by atoms with Crippen molar-refractivity contribution in [2.75, 3.05) is 0 Å². The molecule has 0 amide bonds. The topological polar surface area (TPSA) is 92.9 Å². The van der Waals surface area contributed by atoms with Crippen LogP contribution in [0.3, 0.4) is 0 Å². The molecule has 0 aliphatic rings. The van der Waals surface area contributed by atoms with Crippen molar-refractivity contribution in [1.82, 2.24) is 9.97 Å². The monoisotopic (exact) mass is 351 g/mol. The smallest absolute Gasteiger partial charge is 0.339 e. The van der Waals surface area contributed by atoms with Crippen LogP contribution < -0.4 is 4.18 Å². The molecule has 1 aromatic heterocycles. The predicted octanol–water partition coefficient (Wildman–Crippen LogP) is 3.09. The van der Waals surface area contributed by atoms with Crippen molar-refractivity contribution in [2.45, 2.75) is 11.8 Å². The van der Waals surface area contributed by atoms with Gasteiger partial charge in [-0.25, -0.2) is 9.97 Å². The van der Waals surface area contributed by atoms with Crippen LogP contribution in [0.25, 0.3) is 11.4 Å². The van der Waals surface area contributed by atoms with E-state index in [-0.39, 0.29) is 16.2 Å². The highest BCUT2D eigenvalue weighted by atomic mass is 32.2. The highest BCUT2D eigenvalue weighted by Gasteiger charge is 2.18. The number of hydrogen-bond acceptors (Lipinski definition) is 6. The van der Waals surface area contributed by atoms with E-state index in [9.17, 15) is 13.7 Å². The van der Waals surface area contributed by atoms with Crippen molar-refractivity contribution in [3.63, 3.8) is 0 Å². The van der Waals surface area contributed by atoms with Crippen LogP contribution in [0.15, 0.2) is 65.8 Å². The average Bonchev–Trinajstić information content (AvgIpc) is 2.62. The molecule has 7 heteroatoms. The minimum Gasteiger partial charge on any atom is -0.379 e. The third-order valence-corrected chi connectivity index (χ3v) is 4.70. The van der Waals surface area contributed by atoms with Crippen LogP contribution >= 0.6 is 0 Å². The van der Waals surface area contributed by atoms with Gasteiger partial charge in [-0.3, -0.25) is 0 Å². The van der Waals surface area contributed by atoms with E-state index in [1.165, 1.54) is 24.3 Å². The summed E-state index contributed by atoms with van der Waals surface area (Å²) in [5.74, 6) is 0.434. The zero-order valence-corrected chi connectivity index (χ0v) is 14.1. The van der Waals surface area contributed by atoms with Gasteiger partial charge in [-0.05, 0) is 37.3 Å². The largest absolute Gasteiger partial charge is 0.379 e. The lowest BCUT2D eigenvalue weighted by molar-refractivity contribution is 0.486. The maximum absolute atomic E-state index is 12.3. The molecule has 0 fully saturated rings. The standard InChI is InChI=1S/C18H13N3O3S/c1-13-3-6-16(7-4-13)25(22,23)24-15-5-8-17(14(11-15)12-19)18-20-9-2-10-21-18/h2-11H,1H3. The minimum absolute atomic E-state index is 0.0482. The van der Waals surface area contributed by atoms with E-state index < -0.39 is 10.1 Å². The molecule has 0 bridgehead atoms. The van der Waals surface area contributed by atoms with E-state index in [4.69, 9.17) is 4.18 Å². The predicted molar refractivity (Wildman–Crippen MR) is 91.2 cm³/mol. The summed E-state index contributed by atoms with van der Waals surface area (Å²) in [6, 6.07) is 14.4. The summed E-state index contributed by atoms with van der Waals surface area (Å²) in [5, 5.41) is 9.34. The van der Waals surface area contributed by atoms with Crippen molar-refractivity contribution in [1.29, 1.82) is 5.26 Å². The fraction of sp³-hybridized carbons (Fsp3) is 0.0556. The molecular formula is C18H13N3O3S. The van der Waals surface area contributed by atoms with Crippen molar-refractivity contribution in [3.8, 4) is 23.2 Å². The summed E-state index contributed by atoms with van der Waals surface area (Å²) in [5.41, 5.74) is 1.67. The molecule has 0 aliphatic heterocycles. The number of aryl methyl sites for hydroxylation is 1. The van der Waals surface area contributed by atoms with E-state index in [0.29, 0.717) is 11.4 Å². The molecule has 0 radical (unpaired) electrons. The van der Waals surface area contributed by atoms with Crippen LogP contribution in [-0.4, -0.2) is 18.4 Å². The molecular weight excluding hydrogens is 338 g/mol. The second-order valence-corrected chi connectivity index (χ2v) is 6.79. The van der Waals surface area contributed by atoms with Gasteiger partial charge in [-0.1, -0.05) is 17.7 Å². The Labute approximate surface area is 145 Å². The molecule has 0 saturated carbocycles. The SMILES string of the molecule is Cc1ccc(S(=O)(=O)Oc2ccc(-c3ncccn3)c(C#N)c2)cc1. The summed E-state index contributed by atoms with van der Waals surface area (Å²) >= 11 is 0. The Bertz CT molecular complexity index is 1040. The molecule has 0 saturated heterocycles. The number of nitrogens with zero attached hydrogens (tertiary/aromatic N) is 3. The zero-order valence-electron chi connectivity index (χ0n) is 13.2. The molecule has 0 unspecified atom stereocenters. The van der Waals surface area contributed by atoms with Gasteiger partial charge in [0.2, 0.25) is 0 Å². The van der Waals surface area contributed by atoms with Crippen LogP contribution in [0.1, 0.15) is 11.1 Å². The number of benzene rings is 2. The molecule has 0 spiro atoms. The van der Waals surface area contributed by atoms with E-state index in [0.717, 1.165) is 5.56 Å². The van der Waals surface area contributed by atoms with Gasteiger partial charge in [0.15, 0.2) is 5.82 Å². The number of rotatable bonds is 4. The van der Waals surface area contributed by atoms with Gasteiger partial charge < -0.3 is 4.18 Å². The lowest BCUT2D eigenvalue weighted by atomic mass is 10.1. The second kappa shape index (κ2) is 6.71. The molecule has 3 aromatic rings. The quantitative estimate of drug-likeness (QED) is 0.671. The zero-order chi connectivity index (χ0) is 17.9. The van der Waals surface area contributed by atoms with Gasteiger partial charge in [-0.2, -0.15) is 13.7 Å². The van der Waals surface area contributed by atoms with E-state index in [2.05, 4.69) is 9.97 Å². The van der Waals surface area contributed by atoms with Gasteiger partial charge in [0.25, 0.3) is 0 Å². The Kier molecular flexibility index (Phi) is 4.46. The maximum atomic E-state index is 12.3. The minimum atomic E-state index is -3.97. The molecule has 25 heavy (non-hydrogen) atoms. The fourth-order valence-corrected chi connectivity index (χ4v) is 3.10. The highest BCUT2D eigenvalue weighted by Crippen LogP contribution is 2.26. The number of nitriles is 1. The second-order valence-electron chi connectivity index (χ2n) is 5.24. The third-order valence-electron chi connectivity index (χ3n) is 3.43. The highest BCUT2D eigenvalue weighted by molar-refractivity contribution is 7.87. The van der Waals surface area contributed by atoms with Crippen molar-refractivity contribution in [2.24, 2.45) is 0 Å². The molecule has 0 atom stereocenters. The van der Waals surface area contributed by atoms with Crippen LogP contribution in [-0.2, 0) is 10.1 Å². The number of hydrogen-bond donors (Lipinski definition) is 0. The van der Waals surface area contributed by atoms with Gasteiger partial charge in [0.1, 0.15) is 16.7 Å². The average molecular weight is 351 g/mol. The lowest BCUT2D eigenvalue weighted by Crippen LogP contribution is -2.10. The van der Waals surface area contributed by atoms with Crippen molar-refractivity contribution < 1.29 is 12.6 Å². The van der Waals surface area contributed by atoms with Crippen LogP contribution in [0.5, 0.6) is 5.75 Å². The van der Waals surface area contributed by atoms with E-state index in [1.807, 2.05) is 13.0 Å². The Morgan fingerprint density at radius 2 is 1.72 bits per heavy atom. The van der Waals surface area contributed by atoms with Crippen LogP contribution in [0.4, 0.5) is 0 Å². The van der Waals surface area contributed by atoms with Gasteiger partial charge in [-0.15, -0.1) is 0 Å². The summed E-state index contributed by atoms with van der Waals surface area (Å²) in [6.07, 6.45) is 3.13. The molecule has 124 valence electrons. The Balaban J connectivity index is 1.94. The van der Waals surface area contributed by atoms with Crippen molar-refractivity contribution in [3.05, 3.63) is 72.1 Å². The first-order valence-electron chi connectivity index (χ1n) is 7.32. The first-order chi connectivity index (χ1) is 12.0. The molecule has 6 nitrogen and oxygen atoms in total. The first kappa shape index (κ1) is 16.6. The Hall–Kier alpha value is -3.24. The van der Waals surface area contributed by atoms with Crippen molar-refractivity contribution >= 4 is 10.1 Å². The maximum Gasteiger partial charge on any atom is 0.339 e. The van der Waals surface area contributed by atoms with Gasteiger partial charge >= 0.3 is 10.1 Å².